The highest BCUT2D eigenvalue weighted by molar-refractivity contribution is 5.90. The van der Waals surface area contributed by atoms with E-state index in [0.29, 0.717) is 18.9 Å². The number of aromatic nitrogens is 1. The molecule has 0 spiro atoms. The molecule has 4 heteroatoms. The zero-order chi connectivity index (χ0) is 12.7. The van der Waals surface area contributed by atoms with Gasteiger partial charge in [-0.1, -0.05) is 6.92 Å². The summed E-state index contributed by atoms with van der Waals surface area (Å²) in [6.45, 7) is 4.72. The number of hydrogen-bond acceptors (Lipinski definition) is 3. The molecule has 0 bridgehead atoms. The van der Waals surface area contributed by atoms with Crippen LogP contribution in [0, 0.1) is 12.8 Å². The molecule has 0 aromatic carbocycles. The Balaban J connectivity index is 2.32. The largest absolute Gasteiger partial charge is 0.330 e. The zero-order valence-electron chi connectivity index (χ0n) is 10.6. The van der Waals surface area contributed by atoms with Crippen molar-refractivity contribution in [1.82, 2.24) is 4.98 Å². The van der Waals surface area contributed by atoms with Crippen LogP contribution < -0.4 is 11.1 Å². The van der Waals surface area contributed by atoms with Gasteiger partial charge in [0.05, 0.1) is 11.9 Å². The van der Waals surface area contributed by atoms with Gasteiger partial charge in [0.1, 0.15) is 0 Å². The molecule has 0 saturated heterocycles. The van der Waals surface area contributed by atoms with Gasteiger partial charge in [0.2, 0.25) is 5.91 Å². The van der Waals surface area contributed by atoms with Gasteiger partial charge in [-0.2, -0.15) is 0 Å². The summed E-state index contributed by atoms with van der Waals surface area (Å²) in [5.74, 6) is 0.543. The summed E-state index contributed by atoms with van der Waals surface area (Å²) in [5, 5.41) is 2.83. The molecule has 1 aromatic heterocycles. The summed E-state index contributed by atoms with van der Waals surface area (Å²) < 4.78 is 0. The lowest BCUT2D eigenvalue weighted by molar-refractivity contribution is -0.116. The molecule has 1 rings (SSSR count). The van der Waals surface area contributed by atoms with Gasteiger partial charge in [0, 0.05) is 12.1 Å². The Morgan fingerprint density at radius 2 is 2.24 bits per heavy atom. The summed E-state index contributed by atoms with van der Waals surface area (Å²) in [6, 6.07) is 3.75. The standard InChI is InChI=1S/C13H21N3O/c1-10(7-8-14)3-6-13(17)16-12-5-4-11(2)15-9-12/h4-5,9-10H,3,6-8,14H2,1-2H3,(H,16,17). The molecule has 1 aromatic rings. The molecule has 94 valence electrons. The zero-order valence-corrected chi connectivity index (χ0v) is 10.6. The molecule has 0 saturated carbocycles. The average molecular weight is 235 g/mol. The molecule has 0 aliphatic carbocycles. The van der Waals surface area contributed by atoms with Gasteiger partial charge >= 0.3 is 0 Å². The predicted molar refractivity (Wildman–Crippen MR) is 69.7 cm³/mol. The highest BCUT2D eigenvalue weighted by Gasteiger charge is 2.06. The fourth-order valence-electron chi connectivity index (χ4n) is 1.57. The number of nitrogens with two attached hydrogens (primary N) is 1. The lowest BCUT2D eigenvalue weighted by Crippen LogP contribution is -2.14. The van der Waals surface area contributed by atoms with Crippen LogP contribution in [0.5, 0.6) is 0 Å². The van der Waals surface area contributed by atoms with E-state index in [-0.39, 0.29) is 5.91 Å². The first-order valence-electron chi connectivity index (χ1n) is 6.04. The fraction of sp³-hybridized carbons (Fsp3) is 0.538. The van der Waals surface area contributed by atoms with Gasteiger partial charge in [-0.05, 0) is 44.4 Å². The highest BCUT2D eigenvalue weighted by Crippen LogP contribution is 2.11. The van der Waals surface area contributed by atoms with Crippen molar-refractivity contribution in [3.63, 3.8) is 0 Å². The van der Waals surface area contributed by atoms with Crippen LogP contribution in [-0.4, -0.2) is 17.4 Å². The molecule has 17 heavy (non-hydrogen) atoms. The number of carbonyl (C=O) groups is 1. The van der Waals surface area contributed by atoms with Gasteiger partial charge in [-0.3, -0.25) is 9.78 Å². The molecule has 4 nitrogen and oxygen atoms in total. The topological polar surface area (TPSA) is 68.0 Å². The molecule has 0 aliphatic heterocycles. The first-order valence-corrected chi connectivity index (χ1v) is 6.04. The highest BCUT2D eigenvalue weighted by atomic mass is 16.1. The molecule has 0 radical (unpaired) electrons. The van der Waals surface area contributed by atoms with Crippen molar-refractivity contribution in [3.05, 3.63) is 24.0 Å². The number of hydrogen-bond donors (Lipinski definition) is 2. The molecule has 1 heterocycles. The first-order chi connectivity index (χ1) is 8.11. The Bertz CT molecular complexity index is 348. The second kappa shape index (κ2) is 7.01. The van der Waals surface area contributed by atoms with Crippen molar-refractivity contribution in [3.8, 4) is 0 Å². The molecule has 0 aliphatic rings. The van der Waals surface area contributed by atoms with E-state index in [1.807, 2.05) is 19.1 Å². The van der Waals surface area contributed by atoms with E-state index >= 15 is 0 Å². The third kappa shape index (κ3) is 5.45. The van der Waals surface area contributed by atoms with Gasteiger partial charge in [-0.25, -0.2) is 0 Å². The van der Waals surface area contributed by atoms with Crippen LogP contribution in [0.15, 0.2) is 18.3 Å². The van der Waals surface area contributed by atoms with Crippen LogP contribution in [0.3, 0.4) is 0 Å². The van der Waals surface area contributed by atoms with Gasteiger partial charge < -0.3 is 11.1 Å². The second-order valence-corrected chi connectivity index (χ2v) is 4.46. The number of pyridine rings is 1. The molecule has 3 N–H and O–H groups in total. The van der Waals surface area contributed by atoms with Gasteiger partial charge in [0.25, 0.3) is 0 Å². The summed E-state index contributed by atoms with van der Waals surface area (Å²) in [5.41, 5.74) is 7.17. The summed E-state index contributed by atoms with van der Waals surface area (Å²) in [6.07, 6.45) is 4.06. The number of rotatable bonds is 6. The smallest absolute Gasteiger partial charge is 0.224 e. The van der Waals surface area contributed by atoms with Crippen molar-refractivity contribution in [2.75, 3.05) is 11.9 Å². The lowest BCUT2D eigenvalue weighted by Gasteiger charge is -2.09. The van der Waals surface area contributed by atoms with Crippen molar-refractivity contribution in [1.29, 1.82) is 0 Å². The van der Waals surface area contributed by atoms with E-state index in [1.54, 1.807) is 6.20 Å². The quantitative estimate of drug-likeness (QED) is 0.793. The third-order valence-electron chi connectivity index (χ3n) is 2.72. The predicted octanol–water partition coefficient (Wildman–Crippen LogP) is 2.09. The molecular weight excluding hydrogens is 214 g/mol. The number of nitrogens with zero attached hydrogens (tertiary/aromatic N) is 1. The first kappa shape index (κ1) is 13.6. The lowest BCUT2D eigenvalue weighted by atomic mass is 10.0. The van der Waals surface area contributed by atoms with E-state index in [0.717, 1.165) is 24.2 Å². The maximum Gasteiger partial charge on any atom is 0.224 e. The Morgan fingerprint density at radius 1 is 1.47 bits per heavy atom. The maximum atomic E-state index is 11.6. The molecule has 0 fully saturated rings. The van der Waals surface area contributed by atoms with Crippen molar-refractivity contribution in [2.45, 2.75) is 33.1 Å². The summed E-state index contributed by atoms with van der Waals surface area (Å²) in [7, 11) is 0. The maximum absolute atomic E-state index is 11.6. The Hall–Kier alpha value is -1.42. The van der Waals surface area contributed by atoms with Crippen LogP contribution in [0.4, 0.5) is 5.69 Å². The number of nitrogens with one attached hydrogen (secondary N) is 1. The van der Waals surface area contributed by atoms with Gasteiger partial charge in [0.15, 0.2) is 0 Å². The normalized spacial score (nSPS) is 12.2. The molecule has 1 unspecified atom stereocenters. The van der Waals surface area contributed by atoms with Crippen LogP contribution >= 0.6 is 0 Å². The van der Waals surface area contributed by atoms with Crippen LogP contribution in [0.25, 0.3) is 0 Å². The third-order valence-corrected chi connectivity index (χ3v) is 2.72. The Morgan fingerprint density at radius 3 is 2.82 bits per heavy atom. The minimum absolute atomic E-state index is 0.0412. The Labute approximate surface area is 103 Å². The van der Waals surface area contributed by atoms with Gasteiger partial charge in [-0.15, -0.1) is 0 Å². The molecule has 1 amide bonds. The van der Waals surface area contributed by atoms with Crippen molar-refractivity contribution < 1.29 is 4.79 Å². The molecule has 1 atom stereocenters. The van der Waals surface area contributed by atoms with E-state index < -0.39 is 0 Å². The van der Waals surface area contributed by atoms with Crippen LogP contribution in [0.1, 0.15) is 31.9 Å². The number of carbonyl (C=O) groups excluding carboxylic acids is 1. The minimum Gasteiger partial charge on any atom is -0.330 e. The second-order valence-electron chi connectivity index (χ2n) is 4.46. The average Bonchev–Trinajstić information content (AvgIpc) is 2.30. The van der Waals surface area contributed by atoms with E-state index in [2.05, 4.69) is 17.2 Å². The van der Waals surface area contributed by atoms with Crippen LogP contribution in [0.2, 0.25) is 0 Å². The summed E-state index contributed by atoms with van der Waals surface area (Å²) in [4.78, 5) is 15.8. The van der Waals surface area contributed by atoms with E-state index in [4.69, 9.17) is 5.73 Å². The monoisotopic (exact) mass is 235 g/mol. The Kier molecular flexibility index (Phi) is 5.63. The number of aryl methyl sites for hydroxylation is 1. The van der Waals surface area contributed by atoms with E-state index in [9.17, 15) is 4.79 Å². The van der Waals surface area contributed by atoms with Crippen molar-refractivity contribution >= 4 is 11.6 Å². The van der Waals surface area contributed by atoms with Crippen molar-refractivity contribution in [2.24, 2.45) is 11.7 Å². The van der Waals surface area contributed by atoms with Crippen LogP contribution in [-0.2, 0) is 4.79 Å². The SMILES string of the molecule is Cc1ccc(NC(=O)CCC(C)CCN)cn1. The summed E-state index contributed by atoms with van der Waals surface area (Å²) >= 11 is 0. The fourth-order valence-corrected chi connectivity index (χ4v) is 1.57. The molecular formula is C13H21N3O. The number of amides is 1. The van der Waals surface area contributed by atoms with E-state index in [1.165, 1.54) is 0 Å². The number of anilines is 1. The minimum atomic E-state index is 0.0412.